The fourth-order valence-corrected chi connectivity index (χ4v) is 4.25. The zero-order chi connectivity index (χ0) is 11.4. The molecule has 3 unspecified atom stereocenters. The van der Waals surface area contributed by atoms with Crippen LogP contribution in [0.5, 0.6) is 0 Å². The lowest BCUT2D eigenvalue weighted by molar-refractivity contribution is 0.181. The standard InChI is InChI=1S/C12H24N2OS/c13-8-12(5-2-6-16-9-12)14-11-4-1-3-10(11)7-15/h10-11,14-15H,1-9,13H2. The van der Waals surface area contributed by atoms with E-state index in [2.05, 4.69) is 5.32 Å². The Bertz CT molecular complexity index is 219. The third-order valence-corrected chi connectivity index (χ3v) is 5.43. The summed E-state index contributed by atoms with van der Waals surface area (Å²) in [5.41, 5.74) is 6.11. The van der Waals surface area contributed by atoms with Crippen molar-refractivity contribution in [2.75, 3.05) is 24.7 Å². The summed E-state index contributed by atoms with van der Waals surface area (Å²) in [6.45, 7) is 1.06. The molecular formula is C12H24N2OS. The van der Waals surface area contributed by atoms with Crippen LogP contribution in [0.3, 0.4) is 0 Å². The van der Waals surface area contributed by atoms with Gasteiger partial charge in [0.05, 0.1) is 0 Å². The Morgan fingerprint density at radius 3 is 2.88 bits per heavy atom. The highest BCUT2D eigenvalue weighted by Crippen LogP contribution is 2.31. The van der Waals surface area contributed by atoms with E-state index in [0.717, 1.165) is 12.3 Å². The molecule has 2 rings (SSSR count). The van der Waals surface area contributed by atoms with Gasteiger partial charge in [0, 0.05) is 30.5 Å². The van der Waals surface area contributed by atoms with Gasteiger partial charge in [-0.15, -0.1) is 0 Å². The molecule has 0 aromatic rings. The van der Waals surface area contributed by atoms with Crippen LogP contribution in [-0.4, -0.2) is 41.3 Å². The van der Waals surface area contributed by atoms with Gasteiger partial charge in [-0.1, -0.05) is 6.42 Å². The molecule has 1 saturated carbocycles. The number of hydrogen-bond donors (Lipinski definition) is 3. The van der Waals surface area contributed by atoms with E-state index in [1.807, 2.05) is 11.8 Å². The second kappa shape index (κ2) is 5.71. The Hall–Kier alpha value is 0.230. The minimum atomic E-state index is 0.144. The van der Waals surface area contributed by atoms with Crippen LogP contribution in [0.15, 0.2) is 0 Å². The van der Waals surface area contributed by atoms with Gasteiger partial charge >= 0.3 is 0 Å². The Kier molecular flexibility index (Phi) is 4.53. The summed E-state index contributed by atoms with van der Waals surface area (Å²) in [6, 6.07) is 0.493. The number of rotatable bonds is 4. The first-order chi connectivity index (χ1) is 7.79. The lowest BCUT2D eigenvalue weighted by atomic mass is 9.92. The third kappa shape index (κ3) is 2.73. The van der Waals surface area contributed by atoms with E-state index in [9.17, 15) is 5.11 Å². The molecule has 2 fully saturated rings. The molecule has 2 aliphatic rings. The minimum absolute atomic E-state index is 0.144. The van der Waals surface area contributed by atoms with Crippen LogP contribution in [0.1, 0.15) is 32.1 Å². The molecule has 4 N–H and O–H groups in total. The summed E-state index contributed by atoms with van der Waals surface area (Å²) in [4.78, 5) is 0. The van der Waals surface area contributed by atoms with E-state index in [4.69, 9.17) is 5.73 Å². The molecule has 16 heavy (non-hydrogen) atoms. The highest BCUT2D eigenvalue weighted by molar-refractivity contribution is 7.99. The van der Waals surface area contributed by atoms with Crippen molar-refractivity contribution in [3.8, 4) is 0 Å². The summed E-state index contributed by atoms with van der Waals surface area (Å²) in [5.74, 6) is 2.87. The summed E-state index contributed by atoms with van der Waals surface area (Å²) in [7, 11) is 0. The van der Waals surface area contributed by atoms with Gasteiger partial charge in [0.15, 0.2) is 0 Å². The van der Waals surface area contributed by atoms with Crippen molar-refractivity contribution < 1.29 is 5.11 Å². The summed E-state index contributed by atoms with van der Waals surface area (Å²) >= 11 is 2.01. The summed E-state index contributed by atoms with van der Waals surface area (Å²) < 4.78 is 0. The Morgan fingerprint density at radius 2 is 2.25 bits per heavy atom. The van der Waals surface area contributed by atoms with E-state index < -0.39 is 0 Å². The highest BCUT2D eigenvalue weighted by atomic mass is 32.2. The molecule has 1 heterocycles. The molecule has 0 aromatic carbocycles. The molecule has 0 radical (unpaired) electrons. The maximum Gasteiger partial charge on any atom is 0.0474 e. The van der Waals surface area contributed by atoms with Gasteiger partial charge < -0.3 is 16.2 Å². The zero-order valence-electron chi connectivity index (χ0n) is 9.95. The number of hydrogen-bond acceptors (Lipinski definition) is 4. The van der Waals surface area contributed by atoms with Crippen LogP contribution in [-0.2, 0) is 0 Å². The molecule has 1 aliphatic carbocycles. The first kappa shape index (κ1) is 12.7. The second-order valence-electron chi connectivity index (χ2n) is 5.26. The molecule has 3 nitrogen and oxygen atoms in total. The fraction of sp³-hybridized carbons (Fsp3) is 1.00. The van der Waals surface area contributed by atoms with Crippen LogP contribution in [0.25, 0.3) is 0 Å². The monoisotopic (exact) mass is 244 g/mol. The van der Waals surface area contributed by atoms with E-state index in [-0.39, 0.29) is 5.54 Å². The number of aliphatic hydroxyl groups is 1. The molecule has 4 heteroatoms. The van der Waals surface area contributed by atoms with Crippen LogP contribution in [0.4, 0.5) is 0 Å². The SMILES string of the molecule is NCC1(NC2CCCC2CO)CCCSC1. The van der Waals surface area contributed by atoms with Crippen molar-refractivity contribution in [3.05, 3.63) is 0 Å². The number of thioether (sulfide) groups is 1. The summed E-state index contributed by atoms with van der Waals surface area (Å²) in [5, 5.41) is 13.1. The van der Waals surface area contributed by atoms with E-state index >= 15 is 0 Å². The number of nitrogens with one attached hydrogen (secondary N) is 1. The van der Waals surface area contributed by atoms with E-state index in [1.54, 1.807) is 0 Å². The molecule has 0 spiro atoms. The van der Waals surface area contributed by atoms with Crippen molar-refractivity contribution in [3.63, 3.8) is 0 Å². The van der Waals surface area contributed by atoms with Gasteiger partial charge in [-0.3, -0.25) is 0 Å². The van der Waals surface area contributed by atoms with Gasteiger partial charge in [-0.05, 0) is 37.4 Å². The van der Waals surface area contributed by atoms with Gasteiger partial charge in [-0.25, -0.2) is 0 Å². The molecular weight excluding hydrogens is 220 g/mol. The Labute approximate surface area is 103 Å². The van der Waals surface area contributed by atoms with Crippen molar-refractivity contribution >= 4 is 11.8 Å². The summed E-state index contributed by atoms with van der Waals surface area (Å²) in [6.07, 6.45) is 6.09. The minimum Gasteiger partial charge on any atom is -0.396 e. The average Bonchev–Trinajstić information content (AvgIpc) is 2.77. The lowest BCUT2D eigenvalue weighted by Crippen LogP contribution is -2.59. The van der Waals surface area contributed by atoms with Crippen LogP contribution < -0.4 is 11.1 Å². The zero-order valence-corrected chi connectivity index (χ0v) is 10.8. The maximum atomic E-state index is 9.35. The lowest BCUT2D eigenvalue weighted by Gasteiger charge is -2.40. The molecule has 0 bridgehead atoms. The van der Waals surface area contributed by atoms with Gasteiger partial charge in [0.2, 0.25) is 0 Å². The van der Waals surface area contributed by atoms with E-state index in [1.165, 1.54) is 37.9 Å². The topological polar surface area (TPSA) is 58.3 Å². The van der Waals surface area contributed by atoms with Crippen molar-refractivity contribution in [1.82, 2.24) is 5.32 Å². The quantitative estimate of drug-likeness (QED) is 0.689. The average molecular weight is 244 g/mol. The normalized spacial score (nSPS) is 40.1. The molecule has 3 atom stereocenters. The highest BCUT2D eigenvalue weighted by Gasteiger charge is 2.36. The maximum absolute atomic E-state index is 9.35. The molecule has 0 amide bonds. The predicted molar refractivity (Wildman–Crippen MR) is 69.7 cm³/mol. The Balaban J connectivity index is 1.94. The second-order valence-corrected chi connectivity index (χ2v) is 6.37. The smallest absolute Gasteiger partial charge is 0.0474 e. The van der Waals surface area contributed by atoms with Gasteiger partial charge in [-0.2, -0.15) is 11.8 Å². The molecule has 94 valence electrons. The predicted octanol–water partition coefficient (Wildman–Crippen LogP) is 0.961. The van der Waals surface area contributed by atoms with Crippen molar-refractivity contribution in [1.29, 1.82) is 0 Å². The van der Waals surface area contributed by atoms with Crippen LogP contribution in [0, 0.1) is 5.92 Å². The van der Waals surface area contributed by atoms with Gasteiger partial charge in [0.1, 0.15) is 0 Å². The fourth-order valence-electron chi connectivity index (χ4n) is 3.02. The molecule has 1 saturated heterocycles. The number of nitrogens with two attached hydrogens (primary N) is 1. The third-order valence-electron chi connectivity index (χ3n) is 4.10. The Morgan fingerprint density at radius 1 is 1.38 bits per heavy atom. The van der Waals surface area contributed by atoms with Gasteiger partial charge in [0.25, 0.3) is 0 Å². The largest absolute Gasteiger partial charge is 0.396 e. The number of aliphatic hydroxyl groups excluding tert-OH is 1. The molecule has 0 aromatic heterocycles. The first-order valence-corrected chi connectivity index (χ1v) is 7.61. The van der Waals surface area contributed by atoms with Crippen LogP contribution >= 0.6 is 11.8 Å². The first-order valence-electron chi connectivity index (χ1n) is 6.46. The van der Waals surface area contributed by atoms with Crippen molar-refractivity contribution in [2.24, 2.45) is 11.7 Å². The van der Waals surface area contributed by atoms with Crippen molar-refractivity contribution in [2.45, 2.75) is 43.7 Å². The van der Waals surface area contributed by atoms with Crippen LogP contribution in [0.2, 0.25) is 0 Å². The van der Waals surface area contributed by atoms with E-state index in [0.29, 0.717) is 18.6 Å². The molecule has 1 aliphatic heterocycles.